The van der Waals surface area contributed by atoms with Gasteiger partial charge in [0, 0.05) is 13.1 Å². The third-order valence-corrected chi connectivity index (χ3v) is 3.35. The normalized spacial score (nSPS) is 14.0. The van der Waals surface area contributed by atoms with Crippen LogP contribution in [0.1, 0.15) is 38.9 Å². The summed E-state index contributed by atoms with van der Waals surface area (Å²) >= 11 is 0. The predicted molar refractivity (Wildman–Crippen MR) is 73.1 cm³/mol. The van der Waals surface area contributed by atoms with E-state index < -0.39 is 6.10 Å². The molecule has 100 valence electrons. The minimum atomic E-state index is -0.718. The third-order valence-electron chi connectivity index (χ3n) is 3.35. The summed E-state index contributed by atoms with van der Waals surface area (Å²) in [5.74, 6) is -0.314. The van der Waals surface area contributed by atoms with Crippen LogP contribution in [0.3, 0.4) is 0 Å². The number of rotatable bonds is 6. The number of hydrogen-bond acceptors (Lipinski definition) is 2. The highest BCUT2D eigenvalue weighted by atomic mass is 16.3. The number of amides is 1. The molecule has 0 saturated carbocycles. The van der Waals surface area contributed by atoms with E-state index in [1.54, 1.807) is 4.90 Å². The van der Waals surface area contributed by atoms with Crippen LogP contribution in [0.4, 0.5) is 0 Å². The molecule has 0 fully saturated rings. The van der Waals surface area contributed by atoms with Crippen molar-refractivity contribution < 1.29 is 9.90 Å². The topological polar surface area (TPSA) is 40.5 Å². The summed E-state index contributed by atoms with van der Waals surface area (Å²) in [5.41, 5.74) is 0.810. The smallest absolute Gasteiger partial charge is 0.228 e. The first-order valence-electron chi connectivity index (χ1n) is 6.67. The maximum atomic E-state index is 12.3. The molecule has 0 bridgehead atoms. The van der Waals surface area contributed by atoms with E-state index in [2.05, 4.69) is 0 Å². The third kappa shape index (κ3) is 3.33. The van der Waals surface area contributed by atoms with E-state index in [4.69, 9.17) is 0 Å². The van der Waals surface area contributed by atoms with Crippen LogP contribution < -0.4 is 0 Å². The van der Waals surface area contributed by atoms with Gasteiger partial charge in [0.25, 0.3) is 0 Å². The second kappa shape index (κ2) is 7.17. The van der Waals surface area contributed by atoms with E-state index in [-0.39, 0.29) is 11.8 Å². The summed E-state index contributed by atoms with van der Waals surface area (Å²) in [6.07, 6.45) is -0.0740. The summed E-state index contributed by atoms with van der Waals surface area (Å²) in [5, 5.41) is 10.3. The predicted octanol–water partition coefficient (Wildman–Crippen LogP) is 2.61. The van der Waals surface area contributed by atoms with Gasteiger partial charge in [-0.15, -0.1) is 0 Å². The number of aliphatic hydroxyl groups excluding tert-OH is 1. The van der Waals surface area contributed by atoms with Crippen LogP contribution in [0.2, 0.25) is 0 Å². The van der Waals surface area contributed by atoms with Crippen LogP contribution in [0.15, 0.2) is 30.3 Å². The second-order valence-corrected chi connectivity index (χ2v) is 4.38. The highest BCUT2D eigenvalue weighted by molar-refractivity contribution is 5.79. The lowest BCUT2D eigenvalue weighted by Gasteiger charge is -2.27. The fourth-order valence-corrected chi connectivity index (χ4v) is 2.19. The van der Waals surface area contributed by atoms with Crippen molar-refractivity contribution in [1.82, 2.24) is 4.90 Å². The van der Waals surface area contributed by atoms with Gasteiger partial charge in [-0.1, -0.05) is 37.3 Å². The van der Waals surface area contributed by atoms with Gasteiger partial charge >= 0.3 is 0 Å². The maximum Gasteiger partial charge on any atom is 0.228 e. The quantitative estimate of drug-likeness (QED) is 0.842. The first-order chi connectivity index (χ1) is 8.65. The van der Waals surface area contributed by atoms with Crippen molar-refractivity contribution in [3.8, 4) is 0 Å². The molecule has 18 heavy (non-hydrogen) atoms. The minimum Gasteiger partial charge on any atom is -0.388 e. The molecule has 1 N–H and O–H groups in total. The molecule has 1 amide bonds. The van der Waals surface area contributed by atoms with Crippen LogP contribution in [0.5, 0.6) is 0 Å². The number of benzene rings is 1. The van der Waals surface area contributed by atoms with Crippen LogP contribution in [0, 0.1) is 5.92 Å². The lowest BCUT2D eigenvalue weighted by molar-refractivity contribution is -0.139. The monoisotopic (exact) mass is 249 g/mol. The molecule has 0 aliphatic heterocycles. The summed E-state index contributed by atoms with van der Waals surface area (Å²) < 4.78 is 0. The zero-order valence-electron chi connectivity index (χ0n) is 11.5. The van der Waals surface area contributed by atoms with E-state index in [0.717, 1.165) is 5.56 Å². The fourth-order valence-electron chi connectivity index (χ4n) is 2.19. The molecule has 3 heteroatoms. The Labute approximate surface area is 109 Å². The molecule has 3 nitrogen and oxygen atoms in total. The van der Waals surface area contributed by atoms with Gasteiger partial charge in [-0.2, -0.15) is 0 Å². The van der Waals surface area contributed by atoms with Gasteiger partial charge in [0.15, 0.2) is 0 Å². The molecule has 0 aromatic heterocycles. The Morgan fingerprint density at radius 1 is 1.17 bits per heavy atom. The minimum absolute atomic E-state index is 0.0406. The lowest BCUT2D eigenvalue weighted by atomic mass is 9.92. The standard InChI is InChI=1S/C15H23NO2/c1-4-13(15(18)16(5-2)6-3)14(17)12-10-8-7-9-11-12/h7-11,13-14,17H,4-6H2,1-3H3/t13-,14+/m0/s1. The van der Waals surface area contributed by atoms with E-state index in [1.807, 2.05) is 51.1 Å². The maximum absolute atomic E-state index is 12.3. The molecule has 0 saturated heterocycles. The molecule has 1 aromatic carbocycles. The van der Waals surface area contributed by atoms with Crippen molar-refractivity contribution in [2.75, 3.05) is 13.1 Å². The molecular formula is C15H23NO2. The number of carbonyl (C=O) groups is 1. The second-order valence-electron chi connectivity index (χ2n) is 4.38. The van der Waals surface area contributed by atoms with Gasteiger partial charge in [-0.25, -0.2) is 0 Å². The Hall–Kier alpha value is -1.35. The molecule has 0 spiro atoms. The Balaban J connectivity index is 2.86. The van der Waals surface area contributed by atoms with Crippen LogP contribution in [-0.4, -0.2) is 29.0 Å². The molecule has 0 unspecified atom stereocenters. The van der Waals surface area contributed by atoms with Crippen molar-refractivity contribution in [3.05, 3.63) is 35.9 Å². The molecule has 0 aliphatic carbocycles. The van der Waals surface area contributed by atoms with Gasteiger partial charge in [-0.05, 0) is 25.8 Å². The Bertz CT molecular complexity index is 360. The van der Waals surface area contributed by atoms with E-state index in [0.29, 0.717) is 19.5 Å². The Morgan fingerprint density at radius 3 is 2.17 bits per heavy atom. The summed E-state index contributed by atoms with van der Waals surface area (Å²) in [4.78, 5) is 14.1. The molecule has 0 aliphatic rings. The van der Waals surface area contributed by atoms with Crippen molar-refractivity contribution in [1.29, 1.82) is 0 Å². The van der Waals surface area contributed by atoms with Crippen molar-refractivity contribution in [3.63, 3.8) is 0 Å². The van der Waals surface area contributed by atoms with Crippen molar-refractivity contribution >= 4 is 5.91 Å². The van der Waals surface area contributed by atoms with Crippen molar-refractivity contribution in [2.24, 2.45) is 5.92 Å². The molecule has 0 radical (unpaired) electrons. The highest BCUT2D eigenvalue weighted by Gasteiger charge is 2.28. The average Bonchev–Trinajstić information content (AvgIpc) is 2.42. The number of nitrogens with zero attached hydrogens (tertiary/aromatic N) is 1. The summed E-state index contributed by atoms with van der Waals surface area (Å²) in [6, 6.07) is 9.40. The first kappa shape index (κ1) is 14.7. The zero-order valence-corrected chi connectivity index (χ0v) is 11.5. The van der Waals surface area contributed by atoms with Gasteiger partial charge in [0.05, 0.1) is 12.0 Å². The van der Waals surface area contributed by atoms with Crippen LogP contribution in [-0.2, 0) is 4.79 Å². The molecule has 1 rings (SSSR count). The Kier molecular flexibility index (Phi) is 5.86. The van der Waals surface area contributed by atoms with E-state index >= 15 is 0 Å². The van der Waals surface area contributed by atoms with Gasteiger partial charge in [-0.3, -0.25) is 4.79 Å². The number of aliphatic hydroxyl groups is 1. The number of carbonyl (C=O) groups excluding carboxylic acids is 1. The van der Waals surface area contributed by atoms with Crippen LogP contribution >= 0.6 is 0 Å². The van der Waals surface area contributed by atoms with Crippen molar-refractivity contribution in [2.45, 2.75) is 33.3 Å². The average molecular weight is 249 g/mol. The van der Waals surface area contributed by atoms with E-state index in [1.165, 1.54) is 0 Å². The largest absolute Gasteiger partial charge is 0.388 e. The molecule has 2 atom stereocenters. The summed E-state index contributed by atoms with van der Waals surface area (Å²) in [6.45, 7) is 7.24. The van der Waals surface area contributed by atoms with E-state index in [9.17, 15) is 9.90 Å². The molecule has 0 heterocycles. The molecule has 1 aromatic rings. The zero-order chi connectivity index (χ0) is 13.5. The summed E-state index contributed by atoms with van der Waals surface area (Å²) in [7, 11) is 0. The Morgan fingerprint density at radius 2 is 1.72 bits per heavy atom. The van der Waals surface area contributed by atoms with Gasteiger partial charge < -0.3 is 10.0 Å². The van der Waals surface area contributed by atoms with Crippen LogP contribution in [0.25, 0.3) is 0 Å². The SMILES string of the molecule is CC[C@H](C(=O)N(CC)CC)[C@H](O)c1ccccc1. The van der Waals surface area contributed by atoms with Gasteiger partial charge in [0.2, 0.25) is 5.91 Å². The number of hydrogen-bond donors (Lipinski definition) is 1. The van der Waals surface area contributed by atoms with Gasteiger partial charge in [0.1, 0.15) is 0 Å². The fraction of sp³-hybridized carbons (Fsp3) is 0.533. The molecular weight excluding hydrogens is 226 g/mol. The lowest BCUT2D eigenvalue weighted by Crippen LogP contribution is -2.38. The first-order valence-corrected chi connectivity index (χ1v) is 6.67. The highest BCUT2D eigenvalue weighted by Crippen LogP contribution is 2.26.